The van der Waals surface area contributed by atoms with Crippen LogP contribution in [0, 0.1) is 0 Å². The maximum absolute atomic E-state index is 5.93. The van der Waals surface area contributed by atoms with Crippen LogP contribution < -0.4 is 5.73 Å². The van der Waals surface area contributed by atoms with E-state index in [0.717, 1.165) is 12.1 Å². The van der Waals surface area contributed by atoms with Gasteiger partial charge in [-0.3, -0.25) is 0 Å². The van der Waals surface area contributed by atoms with E-state index in [1.807, 2.05) is 12.1 Å². The number of nitrogens with two attached hydrogens (primary N) is 1. The Morgan fingerprint density at radius 2 is 1.85 bits per heavy atom. The number of hydrogen-bond acceptors (Lipinski definition) is 1. The molecule has 2 aromatic rings. The molecule has 2 N–H and O–H groups in total. The van der Waals surface area contributed by atoms with E-state index >= 15 is 0 Å². The molecule has 1 heteroatoms. The Bertz CT molecular complexity index is 432. The van der Waals surface area contributed by atoms with Gasteiger partial charge < -0.3 is 5.73 Å². The Labute approximate surface area is 79.7 Å². The molecule has 0 amide bonds. The van der Waals surface area contributed by atoms with Crippen molar-refractivity contribution in [1.29, 1.82) is 0 Å². The van der Waals surface area contributed by atoms with Crippen LogP contribution in [0.4, 0.5) is 5.69 Å². The molecule has 2 aromatic carbocycles. The lowest BCUT2D eigenvalue weighted by Crippen LogP contribution is -1.90. The zero-order valence-electron chi connectivity index (χ0n) is 7.75. The van der Waals surface area contributed by atoms with Gasteiger partial charge in [0.15, 0.2) is 0 Å². The molecule has 0 fully saturated rings. The topological polar surface area (TPSA) is 26.0 Å². The van der Waals surface area contributed by atoms with Crippen LogP contribution in [0.15, 0.2) is 36.4 Å². The van der Waals surface area contributed by atoms with Crippen molar-refractivity contribution in [3.8, 4) is 0 Å². The highest BCUT2D eigenvalue weighted by Gasteiger charge is 2.00. The molecule has 2 rings (SSSR count). The third kappa shape index (κ3) is 1.26. The Morgan fingerprint density at radius 1 is 1.15 bits per heavy atom. The van der Waals surface area contributed by atoms with Crippen molar-refractivity contribution in [3.05, 3.63) is 42.0 Å². The lowest BCUT2D eigenvalue weighted by molar-refractivity contribution is 1.16. The summed E-state index contributed by atoms with van der Waals surface area (Å²) in [5.41, 5.74) is 8.15. The van der Waals surface area contributed by atoms with Crippen LogP contribution in [-0.4, -0.2) is 0 Å². The SMILES string of the molecule is CCc1cccc2cccc(N)c12.[HH]. The van der Waals surface area contributed by atoms with Gasteiger partial charge >= 0.3 is 0 Å². The average molecular weight is 173 g/mol. The summed E-state index contributed by atoms with van der Waals surface area (Å²) in [4.78, 5) is 0. The van der Waals surface area contributed by atoms with Gasteiger partial charge in [0.05, 0.1) is 0 Å². The minimum Gasteiger partial charge on any atom is -0.398 e. The summed E-state index contributed by atoms with van der Waals surface area (Å²) in [5.74, 6) is 0. The average Bonchev–Trinajstić information content (AvgIpc) is 2.17. The normalized spacial score (nSPS) is 10.5. The van der Waals surface area contributed by atoms with Crippen molar-refractivity contribution in [1.82, 2.24) is 0 Å². The maximum Gasteiger partial charge on any atom is 0.0396 e. The van der Waals surface area contributed by atoms with E-state index in [9.17, 15) is 0 Å². The maximum atomic E-state index is 5.93. The number of aryl methyl sites for hydroxylation is 1. The summed E-state index contributed by atoms with van der Waals surface area (Å²) in [6.07, 6.45) is 1.03. The van der Waals surface area contributed by atoms with Crippen LogP contribution in [0.3, 0.4) is 0 Å². The standard InChI is InChI=1S/C12H13N.H2/c1-2-9-5-3-6-10-7-4-8-11(13)12(9)10;/h3-8H,2,13H2,1H3;1H. The van der Waals surface area contributed by atoms with Crippen LogP contribution in [-0.2, 0) is 6.42 Å². The third-order valence-corrected chi connectivity index (χ3v) is 2.40. The number of nitrogen functional groups attached to an aromatic ring is 1. The molecule has 0 heterocycles. The molecular formula is C12H15N. The van der Waals surface area contributed by atoms with E-state index in [2.05, 4.69) is 31.2 Å². The van der Waals surface area contributed by atoms with Crippen molar-refractivity contribution in [2.45, 2.75) is 13.3 Å². The summed E-state index contributed by atoms with van der Waals surface area (Å²) in [7, 11) is 0. The van der Waals surface area contributed by atoms with Crippen LogP contribution in [0.2, 0.25) is 0 Å². The number of hydrogen-bond donors (Lipinski definition) is 1. The Balaban J connectivity index is 0.000000980. The van der Waals surface area contributed by atoms with E-state index in [0.29, 0.717) is 0 Å². The van der Waals surface area contributed by atoms with Crippen LogP contribution >= 0.6 is 0 Å². The van der Waals surface area contributed by atoms with Gasteiger partial charge in [0.1, 0.15) is 0 Å². The molecule has 0 radical (unpaired) electrons. The monoisotopic (exact) mass is 173 g/mol. The Morgan fingerprint density at radius 3 is 2.54 bits per heavy atom. The number of rotatable bonds is 1. The molecule has 0 aliphatic rings. The first kappa shape index (κ1) is 8.11. The first-order valence-electron chi connectivity index (χ1n) is 4.59. The molecule has 0 saturated carbocycles. The van der Waals surface area contributed by atoms with Crippen molar-refractivity contribution in [2.24, 2.45) is 0 Å². The molecule has 0 atom stereocenters. The first-order valence-corrected chi connectivity index (χ1v) is 4.59. The molecule has 0 aliphatic carbocycles. The summed E-state index contributed by atoms with van der Waals surface area (Å²) in [6.45, 7) is 2.15. The van der Waals surface area contributed by atoms with Crippen LogP contribution in [0.25, 0.3) is 10.8 Å². The fourth-order valence-electron chi connectivity index (χ4n) is 1.74. The van der Waals surface area contributed by atoms with Gasteiger partial charge in [0.25, 0.3) is 0 Å². The molecule has 0 aliphatic heterocycles. The third-order valence-electron chi connectivity index (χ3n) is 2.40. The van der Waals surface area contributed by atoms with Crippen LogP contribution in [0.1, 0.15) is 13.9 Å². The van der Waals surface area contributed by atoms with Gasteiger partial charge in [-0.1, -0.05) is 37.3 Å². The highest BCUT2D eigenvalue weighted by molar-refractivity contribution is 5.95. The van der Waals surface area contributed by atoms with Crippen molar-refractivity contribution >= 4 is 16.5 Å². The summed E-state index contributed by atoms with van der Waals surface area (Å²) in [5, 5.41) is 2.45. The lowest BCUT2D eigenvalue weighted by Gasteiger charge is -2.06. The largest absolute Gasteiger partial charge is 0.398 e. The number of anilines is 1. The van der Waals surface area contributed by atoms with Gasteiger partial charge in [0.2, 0.25) is 0 Å². The molecule has 0 spiro atoms. The van der Waals surface area contributed by atoms with E-state index in [1.54, 1.807) is 0 Å². The summed E-state index contributed by atoms with van der Waals surface area (Å²) in [6, 6.07) is 12.4. The smallest absolute Gasteiger partial charge is 0.0396 e. The number of fused-ring (bicyclic) bond motifs is 1. The molecule has 0 saturated heterocycles. The van der Waals surface area contributed by atoms with Crippen molar-refractivity contribution in [3.63, 3.8) is 0 Å². The molecule has 0 bridgehead atoms. The van der Waals surface area contributed by atoms with Gasteiger partial charge in [0, 0.05) is 12.5 Å². The first-order chi connectivity index (χ1) is 6.33. The Kier molecular flexibility index (Phi) is 1.93. The molecule has 68 valence electrons. The van der Waals surface area contributed by atoms with Gasteiger partial charge in [-0.15, -0.1) is 0 Å². The van der Waals surface area contributed by atoms with Crippen molar-refractivity contribution < 1.29 is 1.43 Å². The van der Waals surface area contributed by atoms with Gasteiger partial charge in [-0.2, -0.15) is 0 Å². The fourth-order valence-corrected chi connectivity index (χ4v) is 1.74. The minimum atomic E-state index is 0. The lowest BCUT2D eigenvalue weighted by atomic mass is 10.0. The zero-order chi connectivity index (χ0) is 9.26. The Hall–Kier alpha value is -1.50. The predicted octanol–water partition coefficient (Wildman–Crippen LogP) is 3.23. The predicted molar refractivity (Wildman–Crippen MR) is 59.9 cm³/mol. The second-order valence-corrected chi connectivity index (χ2v) is 3.22. The van der Waals surface area contributed by atoms with Gasteiger partial charge in [-0.05, 0) is 23.4 Å². The number of benzene rings is 2. The molecule has 1 nitrogen and oxygen atoms in total. The van der Waals surface area contributed by atoms with Crippen molar-refractivity contribution in [2.75, 3.05) is 5.73 Å². The fraction of sp³-hybridized carbons (Fsp3) is 0.167. The molecular weight excluding hydrogens is 158 g/mol. The zero-order valence-corrected chi connectivity index (χ0v) is 7.75. The quantitative estimate of drug-likeness (QED) is 0.658. The summed E-state index contributed by atoms with van der Waals surface area (Å²) < 4.78 is 0. The second-order valence-electron chi connectivity index (χ2n) is 3.22. The van der Waals surface area contributed by atoms with E-state index in [1.165, 1.54) is 16.3 Å². The molecule has 0 unspecified atom stereocenters. The summed E-state index contributed by atoms with van der Waals surface area (Å²) >= 11 is 0. The van der Waals surface area contributed by atoms with Crippen LogP contribution in [0.5, 0.6) is 0 Å². The molecule has 0 aromatic heterocycles. The minimum absolute atomic E-state index is 0. The van der Waals surface area contributed by atoms with Gasteiger partial charge in [-0.25, -0.2) is 0 Å². The van der Waals surface area contributed by atoms with E-state index in [-0.39, 0.29) is 1.43 Å². The van der Waals surface area contributed by atoms with E-state index < -0.39 is 0 Å². The second kappa shape index (κ2) is 3.09. The molecule has 13 heavy (non-hydrogen) atoms. The highest BCUT2D eigenvalue weighted by atomic mass is 14.5. The highest BCUT2D eigenvalue weighted by Crippen LogP contribution is 2.24. The van der Waals surface area contributed by atoms with E-state index in [4.69, 9.17) is 5.73 Å².